The van der Waals surface area contributed by atoms with Gasteiger partial charge in [0.25, 0.3) is 5.91 Å². The number of carbonyl (C=O) groups excluding carboxylic acids is 2. The fourth-order valence-electron chi connectivity index (χ4n) is 2.80. The van der Waals surface area contributed by atoms with E-state index < -0.39 is 11.9 Å². The Bertz CT molecular complexity index is 1040. The largest absolute Gasteiger partial charge is 0.471 e. The number of rotatable bonds is 6. The van der Waals surface area contributed by atoms with Crippen molar-refractivity contribution in [1.82, 2.24) is 19.6 Å². The maximum atomic E-state index is 12.5. The molecule has 0 aliphatic carbocycles. The van der Waals surface area contributed by atoms with Crippen LogP contribution in [0.5, 0.6) is 5.75 Å². The summed E-state index contributed by atoms with van der Waals surface area (Å²) in [7, 11) is 2.85. The molecule has 9 heteroatoms. The smallest absolute Gasteiger partial charge is 0.358 e. The molecule has 0 saturated heterocycles. The Morgan fingerprint density at radius 1 is 1.13 bits per heavy atom. The normalized spacial score (nSPS) is 11.2. The van der Waals surface area contributed by atoms with Gasteiger partial charge in [0.05, 0.1) is 19.0 Å². The Morgan fingerprint density at radius 2 is 1.83 bits per heavy atom. The minimum Gasteiger partial charge on any atom is -0.471 e. The highest BCUT2D eigenvalue weighted by molar-refractivity contribution is 6.06. The van der Waals surface area contributed by atoms with Crippen LogP contribution in [0.1, 0.15) is 47.3 Å². The van der Waals surface area contributed by atoms with Crippen LogP contribution in [0.25, 0.3) is 0 Å². The highest BCUT2D eigenvalue weighted by Crippen LogP contribution is 2.24. The summed E-state index contributed by atoms with van der Waals surface area (Å²) < 4.78 is 13.3. The molecule has 30 heavy (non-hydrogen) atoms. The topological polar surface area (TPSA) is 100 Å². The van der Waals surface area contributed by atoms with E-state index in [0.717, 1.165) is 0 Å². The molecule has 0 radical (unpaired) electrons. The van der Waals surface area contributed by atoms with E-state index in [9.17, 15) is 9.59 Å². The number of carbonyl (C=O) groups is 2. The van der Waals surface area contributed by atoms with Gasteiger partial charge in [-0.25, -0.2) is 9.48 Å². The number of aromatic nitrogens is 4. The second-order valence-corrected chi connectivity index (χ2v) is 7.76. The van der Waals surface area contributed by atoms with Crippen molar-refractivity contribution in [2.45, 2.75) is 32.9 Å². The maximum absolute atomic E-state index is 12.5. The van der Waals surface area contributed by atoms with Gasteiger partial charge in [0.2, 0.25) is 0 Å². The average molecular weight is 411 g/mol. The SMILES string of the molecule is COC(=O)c1c(NC(=O)c2ccn(COc3ccc(C(C)(C)C)cc3)n2)cnn1C. The summed E-state index contributed by atoms with van der Waals surface area (Å²) in [4.78, 5) is 24.4. The molecular weight excluding hydrogens is 386 g/mol. The number of methoxy groups -OCH3 is 1. The van der Waals surface area contributed by atoms with E-state index in [1.807, 2.05) is 24.3 Å². The third-order valence-corrected chi connectivity index (χ3v) is 4.52. The molecule has 0 bridgehead atoms. The number of amides is 1. The summed E-state index contributed by atoms with van der Waals surface area (Å²) in [5.74, 6) is -0.356. The van der Waals surface area contributed by atoms with Crippen molar-refractivity contribution < 1.29 is 19.1 Å². The van der Waals surface area contributed by atoms with Gasteiger partial charge >= 0.3 is 5.97 Å². The predicted octanol–water partition coefficient (Wildman–Crippen LogP) is 2.99. The lowest BCUT2D eigenvalue weighted by molar-refractivity contribution is 0.0589. The summed E-state index contributed by atoms with van der Waals surface area (Å²) in [6.45, 7) is 6.61. The van der Waals surface area contributed by atoms with Crippen LogP contribution in [-0.4, -0.2) is 38.5 Å². The molecule has 0 spiro atoms. The molecule has 0 saturated carbocycles. The highest BCUT2D eigenvalue weighted by atomic mass is 16.5. The van der Waals surface area contributed by atoms with Gasteiger partial charge in [0.15, 0.2) is 18.1 Å². The lowest BCUT2D eigenvalue weighted by atomic mass is 9.87. The summed E-state index contributed by atoms with van der Waals surface area (Å²) >= 11 is 0. The van der Waals surface area contributed by atoms with Crippen LogP contribution in [0, 0.1) is 0 Å². The van der Waals surface area contributed by atoms with Crippen LogP contribution in [0.2, 0.25) is 0 Å². The number of hydrogen-bond donors (Lipinski definition) is 1. The van der Waals surface area contributed by atoms with E-state index >= 15 is 0 Å². The monoisotopic (exact) mass is 411 g/mol. The number of nitrogens with zero attached hydrogens (tertiary/aromatic N) is 4. The van der Waals surface area contributed by atoms with E-state index in [1.165, 1.54) is 28.2 Å². The first-order chi connectivity index (χ1) is 14.2. The average Bonchev–Trinajstić information content (AvgIpc) is 3.32. The molecule has 9 nitrogen and oxygen atoms in total. The standard InChI is InChI=1S/C21H25N5O4/c1-21(2,3)14-6-8-15(9-7-14)30-13-26-11-10-16(24-26)19(27)23-17-12-22-25(4)18(17)20(28)29-5/h6-12H,13H2,1-5H3,(H,23,27). The van der Waals surface area contributed by atoms with Crippen LogP contribution >= 0.6 is 0 Å². The quantitative estimate of drug-likeness (QED) is 0.626. The van der Waals surface area contributed by atoms with Crippen LogP contribution in [-0.2, 0) is 23.9 Å². The van der Waals surface area contributed by atoms with Crippen molar-refractivity contribution in [3.63, 3.8) is 0 Å². The predicted molar refractivity (Wildman–Crippen MR) is 110 cm³/mol. The van der Waals surface area contributed by atoms with E-state index in [1.54, 1.807) is 19.3 Å². The number of hydrogen-bond acceptors (Lipinski definition) is 6. The molecule has 0 aliphatic heterocycles. The molecule has 1 amide bonds. The van der Waals surface area contributed by atoms with Gasteiger partial charge in [-0.2, -0.15) is 10.2 Å². The van der Waals surface area contributed by atoms with Crippen LogP contribution < -0.4 is 10.1 Å². The fraction of sp³-hybridized carbons (Fsp3) is 0.333. The molecule has 0 unspecified atom stereocenters. The van der Waals surface area contributed by atoms with Gasteiger partial charge in [-0.3, -0.25) is 9.48 Å². The van der Waals surface area contributed by atoms with Gasteiger partial charge in [-0.05, 0) is 29.2 Å². The summed E-state index contributed by atoms with van der Waals surface area (Å²) in [5, 5.41) is 10.8. The van der Waals surface area contributed by atoms with E-state index in [2.05, 4.69) is 36.3 Å². The molecular formula is C21H25N5O4. The first-order valence-corrected chi connectivity index (χ1v) is 9.37. The molecule has 2 heterocycles. The van der Waals surface area contributed by atoms with Gasteiger partial charge in [0.1, 0.15) is 5.75 Å². The molecule has 0 atom stereocenters. The minimum absolute atomic E-state index is 0.0742. The van der Waals surface area contributed by atoms with Crippen molar-refractivity contribution in [3.8, 4) is 5.75 Å². The van der Waals surface area contributed by atoms with Crippen LogP contribution in [0.3, 0.4) is 0 Å². The van der Waals surface area contributed by atoms with E-state index in [0.29, 0.717) is 5.75 Å². The second kappa shape index (κ2) is 8.40. The first-order valence-electron chi connectivity index (χ1n) is 9.37. The third-order valence-electron chi connectivity index (χ3n) is 4.52. The Morgan fingerprint density at radius 3 is 2.47 bits per heavy atom. The number of ether oxygens (including phenoxy) is 2. The molecule has 2 aromatic heterocycles. The Kier molecular flexibility index (Phi) is 5.91. The molecule has 0 aliphatic rings. The van der Waals surface area contributed by atoms with Gasteiger partial charge in [0, 0.05) is 13.2 Å². The molecule has 1 N–H and O–H groups in total. The van der Waals surface area contributed by atoms with Crippen LogP contribution in [0.4, 0.5) is 5.69 Å². The third kappa shape index (κ3) is 4.68. The lowest BCUT2D eigenvalue weighted by Gasteiger charge is -2.19. The minimum atomic E-state index is -0.596. The van der Waals surface area contributed by atoms with Gasteiger partial charge in [-0.1, -0.05) is 32.9 Å². The van der Waals surface area contributed by atoms with E-state index in [4.69, 9.17) is 9.47 Å². The van der Waals surface area contributed by atoms with Gasteiger partial charge in [-0.15, -0.1) is 0 Å². The Balaban J connectivity index is 1.62. The summed E-state index contributed by atoms with van der Waals surface area (Å²) in [6.07, 6.45) is 3.02. The van der Waals surface area contributed by atoms with E-state index in [-0.39, 0.29) is 29.2 Å². The number of anilines is 1. The molecule has 1 aromatic carbocycles. The van der Waals surface area contributed by atoms with Crippen molar-refractivity contribution in [2.24, 2.45) is 7.05 Å². The Hall–Kier alpha value is -3.62. The second-order valence-electron chi connectivity index (χ2n) is 7.76. The molecule has 0 fully saturated rings. The first kappa shape index (κ1) is 21.1. The maximum Gasteiger partial charge on any atom is 0.358 e. The number of aryl methyl sites for hydroxylation is 1. The Labute approximate surface area is 174 Å². The number of nitrogens with one attached hydrogen (secondary N) is 1. The number of benzene rings is 1. The zero-order valence-electron chi connectivity index (χ0n) is 17.7. The fourth-order valence-corrected chi connectivity index (χ4v) is 2.80. The van der Waals surface area contributed by atoms with Crippen molar-refractivity contribution in [3.05, 3.63) is 59.7 Å². The lowest BCUT2D eigenvalue weighted by Crippen LogP contribution is -2.17. The van der Waals surface area contributed by atoms with Crippen molar-refractivity contribution in [1.29, 1.82) is 0 Å². The zero-order valence-corrected chi connectivity index (χ0v) is 17.7. The van der Waals surface area contributed by atoms with Crippen molar-refractivity contribution in [2.75, 3.05) is 12.4 Å². The van der Waals surface area contributed by atoms with Crippen molar-refractivity contribution >= 4 is 17.6 Å². The number of esters is 1. The molecule has 158 valence electrons. The highest BCUT2D eigenvalue weighted by Gasteiger charge is 2.20. The molecule has 3 rings (SSSR count). The zero-order chi connectivity index (χ0) is 21.9. The summed E-state index contributed by atoms with van der Waals surface area (Å²) in [6, 6.07) is 9.45. The summed E-state index contributed by atoms with van der Waals surface area (Å²) in [5.41, 5.74) is 1.87. The van der Waals surface area contributed by atoms with Gasteiger partial charge < -0.3 is 14.8 Å². The molecule has 3 aromatic rings. The van der Waals surface area contributed by atoms with Crippen LogP contribution in [0.15, 0.2) is 42.7 Å².